The monoisotopic (exact) mass is 249 g/mol. The van der Waals surface area contributed by atoms with Gasteiger partial charge in [0, 0.05) is 30.9 Å². The fourth-order valence-corrected chi connectivity index (χ4v) is 2.37. The predicted molar refractivity (Wildman–Crippen MR) is 71.8 cm³/mol. The lowest BCUT2D eigenvalue weighted by molar-refractivity contribution is -0.384. The van der Waals surface area contributed by atoms with Crippen molar-refractivity contribution in [1.82, 2.24) is 4.90 Å². The van der Waals surface area contributed by atoms with Gasteiger partial charge in [-0.25, -0.2) is 0 Å². The molecule has 0 amide bonds. The van der Waals surface area contributed by atoms with Crippen LogP contribution in [0.1, 0.15) is 25.3 Å². The quantitative estimate of drug-likeness (QED) is 0.643. The minimum absolute atomic E-state index is 0.172. The summed E-state index contributed by atoms with van der Waals surface area (Å²) in [6.45, 7) is 5.83. The molecule has 1 aliphatic heterocycles. The highest BCUT2D eigenvalue weighted by Crippen LogP contribution is 2.24. The third kappa shape index (κ3) is 2.98. The predicted octanol–water partition coefficient (Wildman–Crippen LogP) is 2.62. The largest absolute Gasteiger partial charge is 0.385 e. The lowest BCUT2D eigenvalue weighted by Crippen LogP contribution is -2.19. The Morgan fingerprint density at radius 3 is 2.72 bits per heavy atom. The third-order valence-corrected chi connectivity index (χ3v) is 3.26. The van der Waals surface area contributed by atoms with E-state index in [1.807, 2.05) is 13.0 Å². The zero-order valence-electron chi connectivity index (χ0n) is 10.7. The van der Waals surface area contributed by atoms with Crippen molar-refractivity contribution >= 4 is 11.4 Å². The van der Waals surface area contributed by atoms with Gasteiger partial charge in [0.05, 0.1) is 4.92 Å². The van der Waals surface area contributed by atoms with E-state index in [9.17, 15) is 10.1 Å². The van der Waals surface area contributed by atoms with E-state index >= 15 is 0 Å². The van der Waals surface area contributed by atoms with Crippen molar-refractivity contribution < 1.29 is 4.92 Å². The second kappa shape index (κ2) is 5.82. The van der Waals surface area contributed by atoms with Crippen LogP contribution in [0, 0.1) is 10.1 Å². The number of hydrogen-bond donors (Lipinski definition) is 1. The van der Waals surface area contributed by atoms with Crippen LogP contribution in [-0.4, -0.2) is 29.5 Å². The first-order valence-corrected chi connectivity index (χ1v) is 6.44. The average Bonchev–Trinajstić information content (AvgIpc) is 2.84. The summed E-state index contributed by atoms with van der Waals surface area (Å²) in [5.41, 5.74) is 2.20. The number of benzene rings is 1. The van der Waals surface area contributed by atoms with Crippen LogP contribution in [0.5, 0.6) is 0 Å². The molecule has 1 aromatic carbocycles. The number of likely N-dealkylation sites (tertiary alicyclic amines) is 1. The molecule has 1 saturated heterocycles. The molecule has 1 aliphatic rings. The van der Waals surface area contributed by atoms with Crippen LogP contribution < -0.4 is 5.32 Å². The van der Waals surface area contributed by atoms with E-state index in [0.29, 0.717) is 0 Å². The average molecular weight is 249 g/mol. The Bertz CT molecular complexity index is 428. The SMILES string of the molecule is CCNc1ccc([N+](=O)[O-])cc1CN1CCCC1. The van der Waals surface area contributed by atoms with Crippen LogP contribution in [0.3, 0.4) is 0 Å². The van der Waals surface area contributed by atoms with Gasteiger partial charge in [0.25, 0.3) is 5.69 Å². The van der Waals surface area contributed by atoms with E-state index in [1.165, 1.54) is 12.8 Å². The van der Waals surface area contributed by atoms with Gasteiger partial charge in [-0.1, -0.05) is 0 Å². The number of rotatable bonds is 5. The maximum Gasteiger partial charge on any atom is 0.269 e. The van der Waals surface area contributed by atoms with Crippen LogP contribution in [0.15, 0.2) is 18.2 Å². The second-order valence-electron chi connectivity index (χ2n) is 4.61. The summed E-state index contributed by atoms with van der Waals surface area (Å²) in [7, 11) is 0. The minimum atomic E-state index is -0.330. The fraction of sp³-hybridized carbons (Fsp3) is 0.538. The Labute approximate surface area is 107 Å². The molecule has 0 bridgehead atoms. The Kier molecular flexibility index (Phi) is 4.15. The van der Waals surface area contributed by atoms with Gasteiger partial charge in [0.15, 0.2) is 0 Å². The van der Waals surface area contributed by atoms with Gasteiger partial charge in [0.1, 0.15) is 0 Å². The molecule has 0 unspecified atom stereocenters. The molecule has 98 valence electrons. The van der Waals surface area contributed by atoms with Gasteiger partial charge in [-0.15, -0.1) is 0 Å². The van der Waals surface area contributed by atoms with Crippen molar-refractivity contribution in [2.24, 2.45) is 0 Å². The summed E-state index contributed by atoms with van der Waals surface area (Å²) in [6.07, 6.45) is 2.46. The first kappa shape index (κ1) is 12.8. The Hall–Kier alpha value is -1.62. The summed E-state index contributed by atoms with van der Waals surface area (Å²) in [4.78, 5) is 12.8. The topological polar surface area (TPSA) is 58.4 Å². The van der Waals surface area contributed by atoms with Crippen molar-refractivity contribution in [2.45, 2.75) is 26.3 Å². The van der Waals surface area contributed by atoms with Gasteiger partial charge in [-0.05, 0) is 44.5 Å². The highest BCUT2D eigenvalue weighted by atomic mass is 16.6. The summed E-state index contributed by atoms with van der Waals surface area (Å²) >= 11 is 0. The maximum absolute atomic E-state index is 10.8. The van der Waals surface area contributed by atoms with Crippen molar-refractivity contribution in [3.05, 3.63) is 33.9 Å². The molecule has 5 heteroatoms. The summed E-state index contributed by atoms with van der Waals surface area (Å²) in [6, 6.07) is 5.06. The van der Waals surface area contributed by atoms with E-state index in [0.717, 1.165) is 37.4 Å². The molecule has 0 saturated carbocycles. The van der Waals surface area contributed by atoms with Crippen LogP contribution >= 0.6 is 0 Å². The molecule has 1 fully saturated rings. The number of nitrogens with zero attached hydrogens (tertiary/aromatic N) is 2. The van der Waals surface area contributed by atoms with Crippen LogP contribution in [0.2, 0.25) is 0 Å². The molecule has 2 rings (SSSR count). The third-order valence-electron chi connectivity index (χ3n) is 3.26. The highest BCUT2D eigenvalue weighted by Gasteiger charge is 2.16. The molecule has 0 aliphatic carbocycles. The molecule has 1 heterocycles. The van der Waals surface area contributed by atoms with Gasteiger partial charge in [-0.3, -0.25) is 15.0 Å². The van der Waals surface area contributed by atoms with Gasteiger partial charge < -0.3 is 5.32 Å². The summed E-state index contributed by atoms with van der Waals surface area (Å²) < 4.78 is 0. The first-order chi connectivity index (χ1) is 8.70. The summed E-state index contributed by atoms with van der Waals surface area (Å²) in [5.74, 6) is 0. The number of nitrogens with one attached hydrogen (secondary N) is 1. The highest BCUT2D eigenvalue weighted by molar-refractivity contribution is 5.56. The summed E-state index contributed by atoms with van der Waals surface area (Å²) in [5, 5.41) is 14.1. The fourth-order valence-electron chi connectivity index (χ4n) is 2.37. The standard InChI is InChI=1S/C13H19N3O2/c1-2-14-13-6-5-12(16(17)18)9-11(13)10-15-7-3-4-8-15/h5-6,9,14H,2-4,7-8,10H2,1H3. The van der Waals surface area contributed by atoms with Crippen molar-refractivity contribution in [2.75, 3.05) is 25.0 Å². The van der Waals surface area contributed by atoms with E-state index in [-0.39, 0.29) is 10.6 Å². The molecule has 0 spiro atoms. The van der Waals surface area contributed by atoms with E-state index in [2.05, 4.69) is 10.2 Å². The van der Waals surface area contributed by atoms with Crippen molar-refractivity contribution in [1.29, 1.82) is 0 Å². The maximum atomic E-state index is 10.8. The minimum Gasteiger partial charge on any atom is -0.385 e. The van der Waals surface area contributed by atoms with Crippen LogP contribution in [-0.2, 0) is 6.54 Å². The molecular weight excluding hydrogens is 230 g/mol. The normalized spacial score (nSPS) is 15.8. The smallest absolute Gasteiger partial charge is 0.269 e. The first-order valence-electron chi connectivity index (χ1n) is 6.44. The van der Waals surface area contributed by atoms with Gasteiger partial charge >= 0.3 is 0 Å². The van der Waals surface area contributed by atoms with Gasteiger partial charge in [-0.2, -0.15) is 0 Å². The zero-order valence-corrected chi connectivity index (χ0v) is 10.7. The van der Waals surface area contributed by atoms with Crippen molar-refractivity contribution in [3.8, 4) is 0 Å². The Morgan fingerprint density at radius 1 is 1.39 bits per heavy atom. The number of hydrogen-bond acceptors (Lipinski definition) is 4. The number of nitro groups is 1. The van der Waals surface area contributed by atoms with Crippen LogP contribution in [0.25, 0.3) is 0 Å². The molecule has 5 nitrogen and oxygen atoms in total. The molecule has 0 aromatic heterocycles. The van der Waals surface area contributed by atoms with E-state index in [1.54, 1.807) is 12.1 Å². The Balaban J connectivity index is 2.21. The molecule has 0 atom stereocenters. The van der Waals surface area contributed by atoms with E-state index < -0.39 is 0 Å². The molecule has 0 radical (unpaired) electrons. The molecule has 1 aromatic rings. The molecule has 18 heavy (non-hydrogen) atoms. The van der Waals surface area contributed by atoms with E-state index in [4.69, 9.17) is 0 Å². The lowest BCUT2D eigenvalue weighted by atomic mass is 10.1. The van der Waals surface area contributed by atoms with Gasteiger partial charge in [0.2, 0.25) is 0 Å². The van der Waals surface area contributed by atoms with Crippen molar-refractivity contribution in [3.63, 3.8) is 0 Å². The Morgan fingerprint density at radius 2 is 2.11 bits per heavy atom. The number of non-ortho nitro benzene ring substituents is 1. The zero-order chi connectivity index (χ0) is 13.0. The molecule has 1 N–H and O–H groups in total. The lowest BCUT2D eigenvalue weighted by Gasteiger charge is -2.17. The molecular formula is C13H19N3O2. The van der Waals surface area contributed by atoms with Crippen LogP contribution in [0.4, 0.5) is 11.4 Å². The second-order valence-corrected chi connectivity index (χ2v) is 4.61. The number of anilines is 1. The number of nitro benzene ring substituents is 1.